The summed E-state index contributed by atoms with van der Waals surface area (Å²) in [6.07, 6.45) is -1.15. The van der Waals surface area contributed by atoms with E-state index in [2.05, 4.69) is 106 Å². The fraction of sp³-hybridized carbons (Fsp3) is 0.643. The average molecular weight is 820 g/mol. The van der Waals surface area contributed by atoms with E-state index in [1.165, 1.54) is 0 Å². The van der Waals surface area contributed by atoms with Gasteiger partial charge >= 0.3 is 17.9 Å². The summed E-state index contributed by atoms with van der Waals surface area (Å²) in [7, 11) is 0. The normalized spacial score (nSPS) is 12.5. The first-order chi connectivity index (χ1) is 13.6. The Labute approximate surface area is 222 Å². The van der Waals surface area contributed by atoms with Crippen molar-refractivity contribution in [2.45, 2.75) is 17.1 Å². The van der Waals surface area contributed by atoms with Gasteiger partial charge in [-0.05, 0) is 95.6 Å². The molecule has 30 heavy (non-hydrogen) atoms. The first-order valence-electron chi connectivity index (χ1n) is 7.88. The third-order valence-corrected chi connectivity index (χ3v) is 5.13. The Kier molecular flexibility index (Phi) is 14.5. The molecule has 172 valence electrons. The molecule has 0 aliphatic heterocycles. The van der Waals surface area contributed by atoms with Gasteiger partial charge in [-0.1, -0.05) is 0 Å². The third-order valence-electron chi connectivity index (χ3n) is 2.96. The van der Waals surface area contributed by atoms with Crippen LogP contribution in [0.5, 0.6) is 0 Å². The lowest BCUT2D eigenvalue weighted by Gasteiger charge is -2.16. The van der Waals surface area contributed by atoms with Crippen molar-refractivity contribution in [3.63, 3.8) is 0 Å². The van der Waals surface area contributed by atoms with Crippen LogP contribution in [0.3, 0.4) is 0 Å². The van der Waals surface area contributed by atoms with Gasteiger partial charge in [0.15, 0.2) is 0 Å². The Morgan fingerprint density at radius 2 is 1.20 bits per heavy atom. The van der Waals surface area contributed by atoms with E-state index in [4.69, 9.17) is 14.6 Å². The van der Waals surface area contributed by atoms with E-state index in [9.17, 15) is 24.0 Å². The van der Waals surface area contributed by atoms with E-state index in [1.54, 1.807) is 0 Å². The van der Waals surface area contributed by atoms with Crippen LogP contribution in [0.4, 0.5) is 0 Å². The van der Waals surface area contributed by atoms with Gasteiger partial charge in [0.05, 0.1) is 31.8 Å². The first kappa shape index (κ1) is 30.2. The second kappa shape index (κ2) is 14.4. The predicted octanol–water partition coefficient (Wildman–Crippen LogP) is 2.46. The minimum atomic E-state index is -1.30. The van der Waals surface area contributed by atoms with Crippen molar-refractivity contribution in [2.24, 2.45) is 5.92 Å². The van der Waals surface area contributed by atoms with Gasteiger partial charge in [-0.25, -0.2) is 0 Å². The van der Waals surface area contributed by atoms with Gasteiger partial charge in [-0.15, -0.1) is 0 Å². The molecule has 10 nitrogen and oxygen atoms in total. The zero-order valence-electron chi connectivity index (χ0n) is 14.9. The lowest BCUT2D eigenvalue weighted by Crippen LogP contribution is -2.36. The van der Waals surface area contributed by atoms with Crippen LogP contribution < -0.4 is 10.6 Å². The maximum Gasteiger partial charge on any atom is 0.310 e. The highest BCUT2D eigenvalue weighted by Crippen LogP contribution is 2.33. The van der Waals surface area contributed by atoms with E-state index >= 15 is 0 Å². The van der Waals surface area contributed by atoms with Gasteiger partial charge in [-0.3, -0.25) is 24.0 Å². The van der Waals surface area contributed by atoms with E-state index < -0.39 is 52.8 Å². The highest BCUT2D eigenvalue weighted by molar-refractivity contribution is 9.40. The lowest BCUT2D eigenvalue weighted by molar-refractivity contribution is -0.158. The molecule has 0 fully saturated rings. The number of esters is 2. The molecule has 0 bridgehead atoms. The second-order valence-electron chi connectivity index (χ2n) is 5.39. The number of rotatable bonds is 11. The quantitative estimate of drug-likeness (QED) is 0.164. The fourth-order valence-corrected chi connectivity index (χ4v) is 2.51. The lowest BCUT2D eigenvalue weighted by atomic mass is 10.0. The first-order valence-corrected chi connectivity index (χ1v) is 12.6. The topological polar surface area (TPSA) is 148 Å². The molecular weight excluding hydrogens is 804 g/mol. The molecule has 0 saturated heterocycles. The number of hydrogen-bond donors (Lipinski definition) is 3. The number of carboxylic acid groups (broad SMARTS) is 1. The van der Waals surface area contributed by atoms with Crippen molar-refractivity contribution in [2.75, 3.05) is 26.3 Å². The van der Waals surface area contributed by atoms with Crippen molar-refractivity contribution in [1.29, 1.82) is 0 Å². The van der Waals surface area contributed by atoms with Crippen molar-refractivity contribution < 1.29 is 38.6 Å². The zero-order valence-corrected chi connectivity index (χ0v) is 24.4. The van der Waals surface area contributed by atoms with Crippen LogP contribution in [-0.2, 0) is 33.4 Å². The highest BCUT2D eigenvalue weighted by Gasteiger charge is 2.30. The van der Waals surface area contributed by atoms with Gasteiger partial charge in [-0.2, -0.15) is 0 Å². The van der Waals surface area contributed by atoms with Crippen molar-refractivity contribution in [3.05, 3.63) is 0 Å². The average Bonchev–Trinajstić information content (AvgIpc) is 2.59. The maximum absolute atomic E-state index is 12.1. The number of amides is 2. The number of hydrogen-bond acceptors (Lipinski definition) is 7. The van der Waals surface area contributed by atoms with Crippen LogP contribution in [0, 0.1) is 5.92 Å². The zero-order chi connectivity index (χ0) is 23.5. The van der Waals surface area contributed by atoms with Crippen LogP contribution in [0.25, 0.3) is 0 Å². The van der Waals surface area contributed by atoms with E-state index in [-0.39, 0.29) is 26.3 Å². The standard InChI is InChI=1S/C14H16Br6N2O8/c15-13(16,17)11(27)21-1-3-29-9(25)6-7(5-8(23)24)10(26)30-4-2-22-12(28)14(18,19)20/h7H,1-6H2,(H,21,27)(H,22,28)(H,23,24). The number of ether oxygens (including phenoxy) is 2. The molecule has 0 aromatic carbocycles. The number of nitrogens with one attached hydrogen (secondary N) is 2. The molecule has 0 saturated carbocycles. The number of carbonyl (C=O) groups excluding carboxylic acids is 4. The van der Waals surface area contributed by atoms with E-state index in [0.29, 0.717) is 0 Å². The van der Waals surface area contributed by atoms with Crippen molar-refractivity contribution in [1.82, 2.24) is 10.6 Å². The number of carbonyl (C=O) groups is 5. The van der Waals surface area contributed by atoms with Gasteiger partial charge in [0.2, 0.25) is 4.29 Å². The van der Waals surface area contributed by atoms with Crippen LogP contribution in [-0.4, -0.2) is 65.4 Å². The SMILES string of the molecule is O=C(O)CC(CC(=O)OCCNC(=O)C(Br)(Br)Br)C(=O)OCCNC(=O)C(Br)(Br)Br. The van der Waals surface area contributed by atoms with Crippen LogP contribution in [0.2, 0.25) is 0 Å². The maximum atomic E-state index is 12.1. The molecule has 0 spiro atoms. The molecule has 16 heteroatoms. The smallest absolute Gasteiger partial charge is 0.310 e. The molecule has 0 aliphatic rings. The number of aliphatic carboxylic acids is 1. The molecule has 0 aliphatic carbocycles. The molecule has 3 N–H and O–H groups in total. The summed E-state index contributed by atoms with van der Waals surface area (Å²) in [6.45, 7) is -0.436. The summed E-state index contributed by atoms with van der Waals surface area (Å²) >= 11 is 18.1. The summed E-state index contributed by atoms with van der Waals surface area (Å²) in [5.41, 5.74) is 0. The molecule has 0 rings (SSSR count). The van der Waals surface area contributed by atoms with E-state index in [0.717, 1.165) is 0 Å². The predicted molar refractivity (Wildman–Crippen MR) is 127 cm³/mol. The van der Waals surface area contributed by atoms with Crippen LogP contribution >= 0.6 is 95.6 Å². The van der Waals surface area contributed by atoms with Crippen LogP contribution in [0.1, 0.15) is 12.8 Å². The summed E-state index contributed by atoms with van der Waals surface area (Å²) in [5, 5.41) is 13.8. The molecule has 0 heterocycles. The second-order valence-corrected chi connectivity index (χ2v) is 18.9. The minimum absolute atomic E-state index is 0.000922. The molecule has 1 atom stereocenters. The van der Waals surface area contributed by atoms with Crippen molar-refractivity contribution >= 4 is 125 Å². The molecule has 0 aromatic heterocycles. The van der Waals surface area contributed by atoms with Gasteiger partial charge in [0.1, 0.15) is 13.2 Å². The van der Waals surface area contributed by atoms with Gasteiger partial charge in [0.25, 0.3) is 11.8 Å². The molecule has 0 radical (unpaired) electrons. The number of halogens is 6. The van der Waals surface area contributed by atoms with Gasteiger partial charge < -0.3 is 25.2 Å². The Morgan fingerprint density at radius 3 is 1.60 bits per heavy atom. The Hall–Kier alpha value is 0.230. The Balaban J connectivity index is 4.44. The number of carboxylic acids is 1. The summed E-state index contributed by atoms with van der Waals surface area (Å²) in [4.78, 5) is 58.1. The highest BCUT2D eigenvalue weighted by atomic mass is 80.0. The summed E-state index contributed by atoms with van der Waals surface area (Å²) in [6, 6.07) is 0. The van der Waals surface area contributed by atoms with Crippen molar-refractivity contribution in [3.8, 4) is 0 Å². The Bertz CT molecular complexity index is 649. The van der Waals surface area contributed by atoms with E-state index in [1.807, 2.05) is 0 Å². The molecule has 0 aromatic rings. The van der Waals surface area contributed by atoms with Crippen LogP contribution in [0.15, 0.2) is 0 Å². The summed E-state index contributed by atoms with van der Waals surface area (Å²) in [5.74, 6) is -5.24. The molecule has 2 amide bonds. The van der Waals surface area contributed by atoms with Gasteiger partial charge in [0, 0.05) is 0 Å². The largest absolute Gasteiger partial charge is 0.481 e. The molecular formula is C14H16Br6N2O8. The summed E-state index contributed by atoms with van der Waals surface area (Å²) < 4.78 is 7.50. The third kappa shape index (κ3) is 14.3. The fourth-order valence-electron chi connectivity index (χ4n) is 1.67. The Morgan fingerprint density at radius 1 is 0.767 bits per heavy atom. The minimum Gasteiger partial charge on any atom is -0.481 e. The number of alkyl halides is 6. The molecule has 1 unspecified atom stereocenters. The monoisotopic (exact) mass is 814 g/mol.